The van der Waals surface area contributed by atoms with Crippen LogP contribution in [0.2, 0.25) is 0 Å². The molecule has 0 radical (unpaired) electrons. The van der Waals surface area contributed by atoms with Crippen LogP contribution >= 0.6 is 23.2 Å². The standard InChI is InChI=1S/C13H14Cl2O3/c1-11(2,18)8-3-5-9(6-4-8)12(10(16)17)7-13(12,14)15/h3-6,18H,7H2,1-2H3,(H,16,17). The lowest BCUT2D eigenvalue weighted by molar-refractivity contribution is -0.140. The van der Waals surface area contributed by atoms with Crippen LogP contribution < -0.4 is 0 Å². The molecule has 1 atom stereocenters. The summed E-state index contributed by atoms with van der Waals surface area (Å²) in [6.07, 6.45) is 0.195. The minimum absolute atomic E-state index is 0.195. The van der Waals surface area contributed by atoms with Crippen molar-refractivity contribution >= 4 is 29.2 Å². The van der Waals surface area contributed by atoms with Crippen molar-refractivity contribution in [3.63, 3.8) is 0 Å². The molecule has 0 bridgehead atoms. The normalized spacial score (nSPS) is 25.8. The van der Waals surface area contributed by atoms with Crippen LogP contribution in [0, 0.1) is 0 Å². The summed E-state index contributed by atoms with van der Waals surface area (Å²) >= 11 is 11.9. The number of aliphatic carboxylic acids is 1. The van der Waals surface area contributed by atoms with Crippen LogP contribution in [0.15, 0.2) is 24.3 Å². The summed E-state index contributed by atoms with van der Waals surface area (Å²) in [5, 5.41) is 19.1. The lowest BCUT2D eigenvalue weighted by atomic mass is 9.91. The molecular weight excluding hydrogens is 275 g/mol. The van der Waals surface area contributed by atoms with E-state index in [1.165, 1.54) is 0 Å². The Bertz CT molecular complexity index is 488. The first-order valence-electron chi connectivity index (χ1n) is 5.56. The number of benzene rings is 1. The predicted octanol–water partition coefficient (Wildman–Crippen LogP) is 2.81. The number of aliphatic hydroxyl groups is 1. The van der Waals surface area contributed by atoms with Crippen molar-refractivity contribution in [3.05, 3.63) is 35.4 Å². The van der Waals surface area contributed by atoms with E-state index in [4.69, 9.17) is 23.2 Å². The Labute approximate surface area is 115 Å². The molecule has 0 aliphatic heterocycles. The van der Waals surface area contributed by atoms with E-state index in [1.54, 1.807) is 38.1 Å². The molecular formula is C13H14Cl2O3. The predicted molar refractivity (Wildman–Crippen MR) is 70.1 cm³/mol. The van der Waals surface area contributed by atoms with Gasteiger partial charge in [0.2, 0.25) is 0 Å². The summed E-state index contributed by atoms with van der Waals surface area (Å²) in [5.74, 6) is -1.02. The molecule has 0 amide bonds. The highest BCUT2D eigenvalue weighted by atomic mass is 35.5. The number of carbonyl (C=O) groups is 1. The van der Waals surface area contributed by atoms with Crippen molar-refractivity contribution in [2.75, 3.05) is 0 Å². The molecule has 0 heterocycles. The summed E-state index contributed by atoms with van der Waals surface area (Å²) < 4.78 is -1.25. The molecule has 1 fully saturated rings. The van der Waals surface area contributed by atoms with Crippen LogP contribution in [-0.2, 0) is 15.8 Å². The number of carboxylic acids is 1. The van der Waals surface area contributed by atoms with E-state index in [1.807, 2.05) is 0 Å². The molecule has 0 aromatic heterocycles. The van der Waals surface area contributed by atoms with Crippen molar-refractivity contribution < 1.29 is 15.0 Å². The van der Waals surface area contributed by atoms with Gasteiger partial charge >= 0.3 is 5.97 Å². The van der Waals surface area contributed by atoms with Crippen molar-refractivity contribution in [3.8, 4) is 0 Å². The molecule has 3 nitrogen and oxygen atoms in total. The summed E-state index contributed by atoms with van der Waals surface area (Å²) in [5.41, 5.74) is -0.915. The largest absolute Gasteiger partial charge is 0.480 e. The molecule has 2 N–H and O–H groups in total. The summed E-state index contributed by atoms with van der Waals surface area (Å²) in [4.78, 5) is 11.4. The monoisotopic (exact) mass is 288 g/mol. The third-order valence-electron chi connectivity index (χ3n) is 3.44. The van der Waals surface area contributed by atoms with Gasteiger partial charge in [-0.25, -0.2) is 0 Å². The van der Waals surface area contributed by atoms with Crippen LogP contribution in [-0.4, -0.2) is 20.5 Å². The summed E-state index contributed by atoms with van der Waals surface area (Å²) in [7, 11) is 0. The smallest absolute Gasteiger partial charge is 0.317 e. The fourth-order valence-corrected chi connectivity index (χ4v) is 2.90. The third kappa shape index (κ3) is 1.91. The minimum atomic E-state index is -1.25. The quantitative estimate of drug-likeness (QED) is 0.841. The molecule has 1 saturated carbocycles. The molecule has 1 aromatic carbocycles. The van der Waals surface area contributed by atoms with Gasteiger partial charge in [-0.2, -0.15) is 0 Å². The lowest BCUT2D eigenvalue weighted by Crippen LogP contribution is -2.26. The van der Waals surface area contributed by atoms with E-state index in [2.05, 4.69) is 0 Å². The number of halogens is 2. The van der Waals surface area contributed by atoms with E-state index in [0.29, 0.717) is 11.1 Å². The average molecular weight is 289 g/mol. The number of rotatable bonds is 3. The first kappa shape index (κ1) is 13.7. The molecule has 2 rings (SSSR count). The van der Waals surface area contributed by atoms with E-state index >= 15 is 0 Å². The molecule has 0 saturated heterocycles. The van der Waals surface area contributed by atoms with Gasteiger partial charge < -0.3 is 10.2 Å². The highest BCUT2D eigenvalue weighted by molar-refractivity contribution is 6.54. The highest BCUT2D eigenvalue weighted by Gasteiger charge is 2.72. The van der Waals surface area contributed by atoms with Crippen LogP contribution in [0.3, 0.4) is 0 Å². The SMILES string of the molecule is CC(C)(O)c1ccc(C2(C(=O)O)CC2(Cl)Cl)cc1. The second kappa shape index (κ2) is 3.86. The van der Waals surface area contributed by atoms with Gasteiger partial charge in [-0.05, 0) is 25.0 Å². The van der Waals surface area contributed by atoms with Gasteiger partial charge in [0, 0.05) is 6.42 Å². The maximum absolute atomic E-state index is 11.4. The van der Waals surface area contributed by atoms with Crippen LogP contribution in [0.1, 0.15) is 31.4 Å². The number of alkyl halides is 2. The Balaban J connectivity index is 2.39. The molecule has 0 spiro atoms. The van der Waals surface area contributed by atoms with Crippen molar-refractivity contribution in [2.45, 2.75) is 35.6 Å². The molecule has 18 heavy (non-hydrogen) atoms. The zero-order valence-electron chi connectivity index (χ0n) is 10.1. The van der Waals surface area contributed by atoms with E-state index in [0.717, 1.165) is 0 Å². The first-order valence-corrected chi connectivity index (χ1v) is 6.31. The van der Waals surface area contributed by atoms with Gasteiger partial charge in [0.15, 0.2) is 0 Å². The van der Waals surface area contributed by atoms with Gasteiger partial charge in [-0.3, -0.25) is 4.79 Å². The zero-order chi connectivity index (χ0) is 13.8. The highest BCUT2D eigenvalue weighted by Crippen LogP contribution is 2.64. The van der Waals surface area contributed by atoms with Gasteiger partial charge in [0.1, 0.15) is 9.75 Å². The molecule has 1 aliphatic carbocycles. The summed E-state index contributed by atoms with van der Waals surface area (Å²) in [6.45, 7) is 3.33. The van der Waals surface area contributed by atoms with Gasteiger partial charge in [0.25, 0.3) is 0 Å². The van der Waals surface area contributed by atoms with E-state index < -0.39 is 21.3 Å². The first-order chi connectivity index (χ1) is 8.11. The molecule has 98 valence electrons. The second-order valence-corrected chi connectivity index (χ2v) is 6.71. The average Bonchev–Trinajstić information content (AvgIpc) is 2.82. The van der Waals surface area contributed by atoms with E-state index in [9.17, 15) is 15.0 Å². The van der Waals surface area contributed by atoms with Crippen LogP contribution in [0.25, 0.3) is 0 Å². The lowest BCUT2D eigenvalue weighted by Gasteiger charge is -2.19. The maximum Gasteiger partial charge on any atom is 0.317 e. The summed E-state index contributed by atoms with van der Waals surface area (Å²) in [6, 6.07) is 6.71. The van der Waals surface area contributed by atoms with Crippen LogP contribution in [0.5, 0.6) is 0 Å². The van der Waals surface area contributed by atoms with E-state index in [-0.39, 0.29) is 6.42 Å². The minimum Gasteiger partial charge on any atom is -0.480 e. The third-order valence-corrected chi connectivity index (χ3v) is 4.35. The van der Waals surface area contributed by atoms with Crippen LogP contribution in [0.4, 0.5) is 0 Å². The topological polar surface area (TPSA) is 57.5 Å². The second-order valence-electron chi connectivity index (χ2n) is 5.23. The number of hydrogen-bond acceptors (Lipinski definition) is 2. The van der Waals surface area contributed by atoms with Crippen molar-refractivity contribution in [2.24, 2.45) is 0 Å². The zero-order valence-corrected chi connectivity index (χ0v) is 11.6. The maximum atomic E-state index is 11.4. The Kier molecular flexibility index (Phi) is 2.93. The number of hydrogen-bond donors (Lipinski definition) is 2. The number of carboxylic acid groups (broad SMARTS) is 1. The molecule has 1 aliphatic rings. The fourth-order valence-electron chi connectivity index (χ4n) is 2.12. The Morgan fingerprint density at radius 1 is 1.28 bits per heavy atom. The fraction of sp³-hybridized carbons (Fsp3) is 0.462. The Hall–Kier alpha value is -0.770. The van der Waals surface area contributed by atoms with Crippen molar-refractivity contribution in [1.82, 2.24) is 0 Å². The van der Waals surface area contributed by atoms with Gasteiger partial charge in [0.05, 0.1) is 5.60 Å². The molecule has 1 unspecified atom stereocenters. The molecule has 1 aromatic rings. The van der Waals surface area contributed by atoms with Gasteiger partial charge in [-0.1, -0.05) is 47.5 Å². The Morgan fingerprint density at radius 3 is 2.00 bits per heavy atom. The van der Waals surface area contributed by atoms with Crippen molar-refractivity contribution in [1.29, 1.82) is 0 Å². The molecule has 5 heteroatoms. The van der Waals surface area contributed by atoms with Gasteiger partial charge in [-0.15, -0.1) is 0 Å². The Morgan fingerprint density at radius 2 is 1.72 bits per heavy atom.